The molecule has 16 heteroatoms. The molecule has 0 radical (unpaired) electrons. The number of thiazole rings is 1. The van der Waals surface area contributed by atoms with Crippen molar-refractivity contribution in [1.29, 1.82) is 0 Å². The van der Waals surface area contributed by atoms with E-state index in [4.69, 9.17) is 9.57 Å². The van der Waals surface area contributed by atoms with E-state index >= 15 is 0 Å². The predicted octanol–water partition coefficient (Wildman–Crippen LogP) is 1.53. The molecule has 13 nitrogen and oxygen atoms in total. The first-order chi connectivity index (χ1) is 17.0. The third kappa shape index (κ3) is 5.73. The quantitative estimate of drug-likeness (QED) is 0.118. The fourth-order valence-electron chi connectivity index (χ4n) is 3.48. The fraction of sp³-hybridized carbons (Fsp3) is 0.500. The van der Waals surface area contributed by atoms with E-state index in [1.54, 1.807) is 5.38 Å². The van der Waals surface area contributed by atoms with Gasteiger partial charge >= 0.3 is 11.9 Å². The lowest BCUT2D eigenvalue weighted by molar-refractivity contribution is -0.150. The number of oxime groups is 1. The summed E-state index contributed by atoms with van der Waals surface area (Å²) in [5.74, 6) is -3.07. The van der Waals surface area contributed by atoms with Gasteiger partial charge in [-0.25, -0.2) is 9.78 Å². The first kappa shape index (κ1) is 27.7. The zero-order chi connectivity index (χ0) is 26.6. The number of anilines is 1. The van der Waals surface area contributed by atoms with Crippen LogP contribution in [0.25, 0.3) is 0 Å². The van der Waals surface area contributed by atoms with E-state index in [-0.39, 0.29) is 35.0 Å². The Morgan fingerprint density at radius 3 is 2.61 bits per heavy atom. The fourth-order valence-corrected chi connectivity index (χ4v) is 7.22. The summed E-state index contributed by atoms with van der Waals surface area (Å²) in [6, 6.07) is -1.01. The zero-order valence-corrected chi connectivity index (χ0v) is 22.5. The van der Waals surface area contributed by atoms with Crippen LogP contribution in [0.15, 0.2) is 21.8 Å². The summed E-state index contributed by atoms with van der Waals surface area (Å²) in [6.45, 7) is 4.57. The van der Waals surface area contributed by atoms with E-state index in [1.165, 1.54) is 25.8 Å². The van der Waals surface area contributed by atoms with E-state index in [2.05, 4.69) is 20.5 Å². The van der Waals surface area contributed by atoms with Crippen molar-refractivity contribution in [3.8, 4) is 0 Å². The standard InChI is InChI=1S/C20H26N5O8PS2/c1-5-34(31,6-2)24-20-21-12(9-36-20)13(23-32-4)16(27)22-14-17(28)25-15(19(29)30)11(7-33-10(3)26)8-35-18(14)25/h9,14,18H,5-8H2,1-4H3,(H,22,27)(H,29,30)(H,21,24,31)/b23-13-/t14-,18-/m1/s1. The van der Waals surface area contributed by atoms with Crippen molar-refractivity contribution in [1.82, 2.24) is 15.2 Å². The highest BCUT2D eigenvalue weighted by Gasteiger charge is 2.54. The second-order valence-electron chi connectivity index (χ2n) is 7.69. The minimum atomic E-state index is -2.64. The van der Waals surface area contributed by atoms with E-state index in [1.807, 2.05) is 13.8 Å². The molecule has 2 aliphatic rings. The Kier molecular flexibility index (Phi) is 8.80. The molecule has 2 aliphatic heterocycles. The van der Waals surface area contributed by atoms with Gasteiger partial charge in [-0.2, -0.15) is 0 Å². The molecule has 1 aromatic heterocycles. The third-order valence-electron chi connectivity index (χ3n) is 5.45. The summed E-state index contributed by atoms with van der Waals surface area (Å²) in [5, 5.41) is 20.2. The van der Waals surface area contributed by atoms with Crippen molar-refractivity contribution in [2.75, 3.05) is 36.9 Å². The number of nitrogens with one attached hydrogen (secondary N) is 2. The van der Waals surface area contributed by atoms with E-state index in [0.29, 0.717) is 17.5 Å². The molecule has 1 fully saturated rings. The third-order valence-corrected chi connectivity index (χ3v) is 10.4. The molecule has 0 bridgehead atoms. The topological polar surface area (TPSA) is 177 Å². The van der Waals surface area contributed by atoms with Gasteiger partial charge in [0, 0.05) is 36.0 Å². The highest BCUT2D eigenvalue weighted by molar-refractivity contribution is 8.00. The van der Waals surface area contributed by atoms with Crippen LogP contribution in [-0.2, 0) is 33.3 Å². The van der Waals surface area contributed by atoms with Gasteiger partial charge in [-0.3, -0.25) is 19.3 Å². The molecule has 3 heterocycles. The molecule has 3 N–H and O–H groups in total. The molecule has 3 rings (SSSR count). The predicted molar refractivity (Wildman–Crippen MR) is 134 cm³/mol. The molecule has 0 saturated carbocycles. The van der Waals surface area contributed by atoms with Crippen LogP contribution in [-0.4, -0.2) is 87.7 Å². The first-order valence-electron chi connectivity index (χ1n) is 10.8. The number of carbonyl (C=O) groups is 4. The maximum atomic E-state index is 13.0. The molecule has 196 valence electrons. The van der Waals surface area contributed by atoms with Gasteiger partial charge in [0.25, 0.3) is 11.8 Å². The highest BCUT2D eigenvalue weighted by atomic mass is 32.2. The van der Waals surface area contributed by atoms with Crippen molar-refractivity contribution in [2.45, 2.75) is 32.2 Å². The molecule has 0 aromatic carbocycles. The molecule has 1 saturated heterocycles. The minimum absolute atomic E-state index is 0.162. The number of carboxylic acid groups (broad SMARTS) is 1. The smallest absolute Gasteiger partial charge is 0.352 e. The van der Waals surface area contributed by atoms with Crippen LogP contribution >= 0.6 is 30.4 Å². The average molecular weight is 560 g/mol. The molecule has 0 aliphatic carbocycles. The Morgan fingerprint density at radius 1 is 1.33 bits per heavy atom. The van der Waals surface area contributed by atoms with Gasteiger partial charge in [0.2, 0.25) is 0 Å². The van der Waals surface area contributed by atoms with Crippen molar-refractivity contribution >= 4 is 65.0 Å². The molecule has 0 spiro atoms. The number of amides is 2. The zero-order valence-electron chi connectivity index (χ0n) is 20.0. The summed E-state index contributed by atoms with van der Waals surface area (Å²) in [5.41, 5.74) is 0.00185. The highest BCUT2D eigenvalue weighted by Crippen LogP contribution is 2.45. The normalized spacial score (nSPS) is 19.8. The van der Waals surface area contributed by atoms with E-state index < -0.39 is 42.5 Å². The van der Waals surface area contributed by atoms with Gasteiger partial charge in [0.1, 0.15) is 36.5 Å². The monoisotopic (exact) mass is 559 g/mol. The lowest BCUT2D eigenvalue weighted by Crippen LogP contribution is -2.71. The van der Waals surface area contributed by atoms with E-state index in [9.17, 15) is 28.8 Å². The van der Waals surface area contributed by atoms with Crippen LogP contribution in [0.3, 0.4) is 0 Å². The van der Waals surface area contributed by atoms with Crippen LogP contribution in [0.1, 0.15) is 26.5 Å². The van der Waals surface area contributed by atoms with E-state index in [0.717, 1.165) is 16.2 Å². The number of aromatic nitrogens is 1. The molecular formula is C20H26N5O8PS2. The number of fused-ring (bicyclic) bond motifs is 1. The van der Waals surface area contributed by atoms with Gasteiger partial charge in [-0.15, -0.1) is 23.1 Å². The number of rotatable bonds is 11. The average Bonchev–Trinajstić information content (AvgIpc) is 3.30. The minimum Gasteiger partial charge on any atom is -0.477 e. The molecule has 0 unspecified atom stereocenters. The molecule has 36 heavy (non-hydrogen) atoms. The Morgan fingerprint density at radius 2 is 2.03 bits per heavy atom. The molecule has 1 aromatic rings. The number of carboxylic acids is 1. The second-order valence-corrected chi connectivity index (χ2v) is 12.9. The first-order valence-corrected chi connectivity index (χ1v) is 14.8. The van der Waals surface area contributed by atoms with Crippen LogP contribution in [0.5, 0.6) is 0 Å². The summed E-state index contributed by atoms with van der Waals surface area (Å²) in [6.07, 6.45) is 0.874. The summed E-state index contributed by atoms with van der Waals surface area (Å²) in [7, 11) is -1.39. The van der Waals surface area contributed by atoms with Gasteiger partial charge in [0.15, 0.2) is 18.1 Å². The summed E-state index contributed by atoms with van der Waals surface area (Å²) >= 11 is 2.39. The number of nitrogens with zero attached hydrogens (tertiary/aromatic N) is 3. The Bertz CT molecular complexity index is 1170. The summed E-state index contributed by atoms with van der Waals surface area (Å²) < 4.78 is 17.6. The number of carbonyl (C=O) groups excluding carboxylic acids is 3. The van der Waals surface area contributed by atoms with Crippen molar-refractivity contribution in [3.05, 3.63) is 22.3 Å². The lowest BCUT2D eigenvalue weighted by Gasteiger charge is -2.49. The largest absolute Gasteiger partial charge is 0.477 e. The SMILES string of the molecule is CCP(=O)(CC)Nc1nc(/C(=N/OC)C(=O)N[C@@H]2C(=O)N3C(C(=O)O)=C(COC(C)=O)CS[C@H]23)cs1. The molecule has 2 amide bonds. The summed E-state index contributed by atoms with van der Waals surface area (Å²) in [4.78, 5) is 59.0. The number of hydrogen-bond acceptors (Lipinski definition) is 11. The van der Waals surface area contributed by atoms with Crippen LogP contribution in [0.4, 0.5) is 5.13 Å². The maximum Gasteiger partial charge on any atom is 0.352 e. The number of esters is 1. The second kappa shape index (κ2) is 11.4. The van der Waals surface area contributed by atoms with Crippen molar-refractivity contribution < 1.29 is 38.4 Å². The maximum absolute atomic E-state index is 13.0. The Labute approximate surface area is 215 Å². The van der Waals surface area contributed by atoms with Crippen LogP contribution in [0, 0.1) is 0 Å². The van der Waals surface area contributed by atoms with Gasteiger partial charge < -0.3 is 29.7 Å². The van der Waals surface area contributed by atoms with Gasteiger partial charge in [0.05, 0.1) is 0 Å². The Balaban J connectivity index is 1.76. The number of hydrogen-bond donors (Lipinski definition) is 3. The van der Waals surface area contributed by atoms with Gasteiger partial charge in [-0.05, 0) is 0 Å². The van der Waals surface area contributed by atoms with Crippen molar-refractivity contribution in [2.24, 2.45) is 5.16 Å². The number of β-lactam (4-membered cyclic amide) rings is 1. The Hall–Kier alpha value is -2.90. The van der Waals surface area contributed by atoms with Crippen LogP contribution in [0.2, 0.25) is 0 Å². The number of ether oxygens (including phenoxy) is 1. The lowest BCUT2D eigenvalue weighted by atomic mass is 10.0. The number of aliphatic carboxylic acids is 1. The van der Waals surface area contributed by atoms with Crippen molar-refractivity contribution in [3.63, 3.8) is 0 Å². The molecular weight excluding hydrogens is 533 g/mol. The van der Waals surface area contributed by atoms with Gasteiger partial charge in [-0.1, -0.05) is 19.0 Å². The number of thioether (sulfide) groups is 1. The molecule has 2 atom stereocenters. The van der Waals surface area contributed by atoms with Crippen LogP contribution < -0.4 is 10.4 Å².